The van der Waals surface area contributed by atoms with Gasteiger partial charge in [-0.2, -0.15) is 8.42 Å². The third-order valence-electron chi connectivity index (χ3n) is 8.17. The molecular formula is C39H56N2O7S. The van der Waals surface area contributed by atoms with E-state index in [-0.39, 0.29) is 0 Å². The van der Waals surface area contributed by atoms with Crippen LogP contribution in [-0.2, 0) is 23.0 Å². The zero-order valence-electron chi connectivity index (χ0n) is 30.0. The number of methoxy groups -OCH3 is 2. The molecule has 9 nitrogen and oxygen atoms in total. The minimum atomic E-state index is -3.67. The van der Waals surface area contributed by atoms with Crippen molar-refractivity contribution in [2.45, 2.75) is 65.2 Å². The molecule has 0 unspecified atom stereocenters. The molecule has 10 heteroatoms. The lowest BCUT2D eigenvalue weighted by Gasteiger charge is -2.17. The van der Waals surface area contributed by atoms with E-state index < -0.39 is 10.1 Å². The number of fused-ring (bicyclic) bond motifs is 2. The van der Waals surface area contributed by atoms with Crippen molar-refractivity contribution in [3.05, 3.63) is 71.8 Å². The molecule has 0 spiro atoms. The highest BCUT2D eigenvalue weighted by Crippen LogP contribution is 2.37. The Morgan fingerprint density at radius 2 is 0.959 bits per heavy atom. The van der Waals surface area contributed by atoms with Crippen LogP contribution >= 0.6 is 0 Å². The molecule has 49 heavy (non-hydrogen) atoms. The summed E-state index contributed by atoms with van der Waals surface area (Å²) < 4.78 is 49.7. The predicted molar refractivity (Wildman–Crippen MR) is 202 cm³/mol. The van der Waals surface area contributed by atoms with Crippen LogP contribution in [0.2, 0.25) is 0 Å². The zero-order valence-corrected chi connectivity index (χ0v) is 30.8. The Labute approximate surface area is 293 Å². The summed E-state index contributed by atoms with van der Waals surface area (Å²) in [6.45, 7) is 9.67. The van der Waals surface area contributed by atoms with Crippen LogP contribution in [0.3, 0.4) is 0 Å². The Kier molecular flexibility index (Phi) is 17.5. The first-order chi connectivity index (χ1) is 23.7. The maximum absolute atomic E-state index is 9.19. The Bertz CT molecular complexity index is 1560. The van der Waals surface area contributed by atoms with Crippen LogP contribution in [-0.4, -0.2) is 72.8 Å². The van der Waals surface area contributed by atoms with Crippen molar-refractivity contribution in [1.29, 1.82) is 0 Å². The Morgan fingerprint density at radius 3 is 1.31 bits per heavy atom. The second-order valence-electron chi connectivity index (χ2n) is 12.0. The normalized spacial score (nSPS) is 11.3. The number of hydrogen-bond donors (Lipinski definition) is 3. The van der Waals surface area contributed by atoms with E-state index >= 15 is 0 Å². The molecule has 0 fully saturated rings. The van der Waals surface area contributed by atoms with Gasteiger partial charge in [0.2, 0.25) is 0 Å². The molecular weight excluding hydrogens is 641 g/mol. The van der Waals surface area contributed by atoms with E-state index in [4.69, 9.17) is 23.5 Å². The lowest BCUT2D eigenvalue weighted by molar-refractivity contribution is 0.304. The number of rotatable bonds is 21. The van der Waals surface area contributed by atoms with E-state index in [0.717, 1.165) is 125 Å². The molecule has 0 aromatic heterocycles. The monoisotopic (exact) mass is 696 g/mol. The van der Waals surface area contributed by atoms with Gasteiger partial charge in [-0.3, -0.25) is 4.55 Å². The Morgan fingerprint density at radius 1 is 0.592 bits per heavy atom. The number of unbranched alkanes of at least 4 members (excludes halogenated alkanes) is 3. The van der Waals surface area contributed by atoms with Gasteiger partial charge in [0.1, 0.15) is 23.0 Å². The van der Waals surface area contributed by atoms with Gasteiger partial charge >= 0.3 is 0 Å². The zero-order chi connectivity index (χ0) is 35.5. The van der Waals surface area contributed by atoms with E-state index in [2.05, 4.69) is 85.1 Å². The number of hydrogen-bond acceptors (Lipinski definition) is 8. The van der Waals surface area contributed by atoms with Crippen LogP contribution in [0, 0.1) is 0 Å². The van der Waals surface area contributed by atoms with E-state index in [9.17, 15) is 8.42 Å². The molecule has 4 aromatic rings. The second-order valence-corrected chi connectivity index (χ2v) is 13.5. The average molecular weight is 697 g/mol. The van der Waals surface area contributed by atoms with Crippen LogP contribution in [0.15, 0.2) is 60.7 Å². The molecule has 0 aliphatic heterocycles. The van der Waals surface area contributed by atoms with Crippen molar-refractivity contribution < 1.29 is 31.9 Å². The minimum absolute atomic E-state index is 0.715. The highest BCUT2D eigenvalue weighted by atomic mass is 32.2. The first-order valence-electron chi connectivity index (χ1n) is 17.5. The topological polar surface area (TPSA) is 115 Å². The lowest BCUT2D eigenvalue weighted by atomic mass is 10.00. The lowest BCUT2D eigenvalue weighted by Crippen LogP contribution is -2.22. The SMILES string of the molecule is CCCCOc1cc(OC)c2ccccc2c1CCNCCCCNCCc1c(OCCCC)cc(OC)c2ccccc12.CS(=O)(=O)O. The van der Waals surface area contributed by atoms with Gasteiger partial charge in [0.15, 0.2) is 0 Å². The molecule has 0 aliphatic carbocycles. The quantitative estimate of drug-likeness (QED) is 0.0598. The molecule has 0 amide bonds. The maximum atomic E-state index is 9.19. The molecule has 0 saturated heterocycles. The second kappa shape index (κ2) is 21.5. The summed E-state index contributed by atoms with van der Waals surface area (Å²) in [5.41, 5.74) is 2.52. The number of benzene rings is 4. The fraction of sp³-hybridized carbons (Fsp3) is 0.487. The summed E-state index contributed by atoms with van der Waals surface area (Å²) >= 11 is 0. The highest BCUT2D eigenvalue weighted by molar-refractivity contribution is 7.85. The fourth-order valence-corrected chi connectivity index (χ4v) is 5.70. The molecule has 0 heterocycles. The predicted octanol–water partition coefficient (Wildman–Crippen LogP) is 7.62. The van der Waals surface area contributed by atoms with Crippen LogP contribution in [0.1, 0.15) is 63.5 Å². The third kappa shape index (κ3) is 13.3. The van der Waals surface area contributed by atoms with Gasteiger partial charge in [0.25, 0.3) is 10.1 Å². The van der Waals surface area contributed by atoms with Crippen molar-refractivity contribution in [3.63, 3.8) is 0 Å². The van der Waals surface area contributed by atoms with Gasteiger partial charge < -0.3 is 29.6 Å². The average Bonchev–Trinajstić information content (AvgIpc) is 3.09. The van der Waals surface area contributed by atoms with Crippen LogP contribution in [0.5, 0.6) is 23.0 Å². The molecule has 4 rings (SSSR count). The van der Waals surface area contributed by atoms with Crippen molar-refractivity contribution in [1.82, 2.24) is 10.6 Å². The van der Waals surface area contributed by atoms with Gasteiger partial charge in [-0.15, -0.1) is 0 Å². The Hall–Kier alpha value is -3.57. The van der Waals surface area contributed by atoms with Gasteiger partial charge in [-0.05, 0) is 75.5 Å². The maximum Gasteiger partial charge on any atom is 0.261 e. The summed E-state index contributed by atoms with van der Waals surface area (Å²) in [6.07, 6.45) is 9.14. The molecule has 0 saturated carbocycles. The molecule has 0 atom stereocenters. The summed E-state index contributed by atoms with van der Waals surface area (Å²) in [4.78, 5) is 0. The van der Waals surface area contributed by atoms with Gasteiger partial charge in [0, 0.05) is 34.0 Å². The summed E-state index contributed by atoms with van der Waals surface area (Å²) in [5, 5.41) is 12.0. The van der Waals surface area contributed by atoms with Crippen molar-refractivity contribution in [2.24, 2.45) is 0 Å². The highest BCUT2D eigenvalue weighted by Gasteiger charge is 2.15. The van der Waals surface area contributed by atoms with E-state index in [1.54, 1.807) is 14.2 Å². The molecule has 4 aromatic carbocycles. The van der Waals surface area contributed by atoms with Crippen LogP contribution < -0.4 is 29.6 Å². The van der Waals surface area contributed by atoms with Gasteiger partial charge in [0.05, 0.1) is 33.7 Å². The summed E-state index contributed by atoms with van der Waals surface area (Å²) in [7, 11) is -0.204. The molecule has 3 N–H and O–H groups in total. The van der Waals surface area contributed by atoms with Gasteiger partial charge in [-0.25, -0.2) is 0 Å². The van der Waals surface area contributed by atoms with Crippen LogP contribution in [0.25, 0.3) is 21.5 Å². The number of nitrogens with one attached hydrogen (secondary N) is 2. The molecule has 0 aliphatic rings. The van der Waals surface area contributed by atoms with E-state index in [1.165, 1.54) is 21.9 Å². The smallest absolute Gasteiger partial charge is 0.261 e. The van der Waals surface area contributed by atoms with Crippen molar-refractivity contribution >= 4 is 31.7 Å². The van der Waals surface area contributed by atoms with Crippen molar-refractivity contribution in [2.75, 3.05) is 59.9 Å². The summed E-state index contributed by atoms with van der Waals surface area (Å²) in [6, 6.07) is 21.1. The number of ether oxygens (including phenoxy) is 4. The van der Waals surface area contributed by atoms with Crippen molar-refractivity contribution in [3.8, 4) is 23.0 Å². The van der Waals surface area contributed by atoms with E-state index in [1.807, 2.05) is 0 Å². The third-order valence-corrected chi connectivity index (χ3v) is 8.17. The minimum Gasteiger partial charge on any atom is -0.496 e. The first kappa shape index (κ1) is 39.9. The standard InChI is InChI=1S/C38H52N2O4.CH4O3S/c1-5-7-25-43-37-27-35(41-3)31-17-11-9-15-29(31)33(37)19-23-39-21-13-14-22-40-24-20-34-30-16-10-12-18-32(30)36(42-4)28-38(34)44-26-8-6-2;1-5(2,3)4/h9-12,15-18,27-28,39-40H,5-8,13-14,19-26H2,1-4H3;1H3,(H,2,3,4). The van der Waals surface area contributed by atoms with Gasteiger partial charge in [-0.1, -0.05) is 75.2 Å². The van der Waals surface area contributed by atoms with E-state index in [0.29, 0.717) is 6.26 Å². The molecule has 0 radical (unpaired) electrons. The first-order valence-corrected chi connectivity index (χ1v) is 19.3. The summed E-state index contributed by atoms with van der Waals surface area (Å²) in [5.74, 6) is 3.64. The largest absolute Gasteiger partial charge is 0.496 e. The Balaban J connectivity index is 0.00000121. The fourth-order valence-electron chi connectivity index (χ4n) is 5.70. The molecule has 270 valence electrons. The van der Waals surface area contributed by atoms with Crippen LogP contribution in [0.4, 0.5) is 0 Å². The molecule has 0 bridgehead atoms.